The molecule has 0 spiro atoms. The van der Waals surface area contributed by atoms with E-state index in [-0.39, 0.29) is 81.7 Å². The number of piperidine rings is 2. The van der Waals surface area contributed by atoms with Gasteiger partial charge in [-0.05, 0) is 188 Å². The van der Waals surface area contributed by atoms with Gasteiger partial charge in [0, 0.05) is 147 Å². The number of hydrogen-bond acceptors (Lipinski definition) is 22. The molecule has 28 nitrogen and oxygen atoms in total. The number of hydrogen-bond donors (Lipinski definition) is 3. The third-order valence-electron chi connectivity index (χ3n) is 25.6. The van der Waals surface area contributed by atoms with Gasteiger partial charge in [0.1, 0.15) is 46.5 Å². The summed E-state index contributed by atoms with van der Waals surface area (Å²) < 4.78 is 19.8. The van der Waals surface area contributed by atoms with Crippen molar-refractivity contribution in [1.29, 1.82) is 0 Å². The lowest BCUT2D eigenvalue weighted by Gasteiger charge is -2.36. The highest BCUT2D eigenvalue weighted by Gasteiger charge is 2.34. The van der Waals surface area contributed by atoms with Crippen LogP contribution < -0.4 is 57.5 Å². The van der Waals surface area contributed by atoms with E-state index in [1.165, 1.54) is 72.4 Å². The Morgan fingerprint density at radius 3 is 1.27 bits per heavy atom. The molecule has 2 aliphatic carbocycles. The molecule has 3 N–H and O–H groups in total. The Morgan fingerprint density at radius 1 is 0.448 bits per heavy atom. The maximum Gasteiger partial charge on any atom is 0.263 e. The van der Waals surface area contributed by atoms with Crippen LogP contribution in [-0.4, -0.2) is 165 Å². The number of aromatic nitrogens is 10. The lowest BCUT2D eigenvalue weighted by atomic mass is 10.0. The molecule has 0 bridgehead atoms. The Labute approximate surface area is 741 Å². The number of aryl methyl sites for hydroxylation is 4. The van der Waals surface area contributed by atoms with Gasteiger partial charge < -0.3 is 24.6 Å². The minimum Gasteiger partial charge on any atom is -0.494 e. The largest absolute Gasteiger partial charge is 0.494 e. The third-order valence-corrected chi connectivity index (χ3v) is 26.3. The molecule has 12 heterocycles. The molecule has 8 aromatic heterocycles. The Bertz CT molecular complexity index is 5860. The number of pyridine rings is 6. The summed E-state index contributed by atoms with van der Waals surface area (Å²) in [5.74, 6) is 0.708. The Balaban J connectivity index is 0.000000169. The van der Waals surface area contributed by atoms with Crippen molar-refractivity contribution in [1.82, 2.24) is 69.0 Å². The molecule has 4 amide bonds. The molecule has 0 radical (unpaired) electrons. The molecule has 2 atom stereocenters. The first-order valence-corrected chi connectivity index (χ1v) is 46.6. The number of nitrogens with zero attached hydrogens (tertiary/aromatic N) is 13. The van der Waals surface area contributed by atoms with Gasteiger partial charge in [0.2, 0.25) is 23.6 Å². The molecule has 2 saturated carbocycles. The Kier molecular flexibility index (Phi) is 30.7. The number of carbonyl (C=O) groups is 6. The van der Waals surface area contributed by atoms with Crippen LogP contribution in [0.4, 0.5) is 11.4 Å². The third kappa shape index (κ3) is 21.8. The monoisotopic (exact) mass is 1810 g/mol. The molecule has 6 fully saturated rings. The number of fused-ring (bicyclic) bond motifs is 4. The topological polar surface area (TPSA) is 332 Å². The summed E-state index contributed by atoms with van der Waals surface area (Å²) in [5.41, 5.74) is 9.14. The van der Waals surface area contributed by atoms with Gasteiger partial charge in [-0.1, -0.05) is 99.6 Å². The van der Waals surface area contributed by atoms with Crippen LogP contribution in [0.25, 0.3) is 43.9 Å². The van der Waals surface area contributed by atoms with Gasteiger partial charge in [-0.3, -0.25) is 91.7 Å². The van der Waals surface area contributed by atoms with Crippen molar-refractivity contribution in [3.05, 3.63) is 195 Å². The molecule has 10 aromatic rings. The summed E-state index contributed by atoms with van der Waals surface area (Å²) in [7, 11) is 0. The van der Waals surface area contributed by atoms with Gasteiger partial charge in [-0.15, -0.1) is 0 Å². The molecule has 29 heteroatoms. The van der Waals surface area contributed by atoms with Crippen LogP contribution in [0.1, 0.15) is 258 Å². The lowest BCUT2D eigenvalue weighted by molar-refractivity contribution is -0.137. The number of unbranched alkanes of at least 4 members (excludes halogenated alkanes) is 10. The van der Waals surface area contributed by atoms with Crippen LogP contribution in [0.3, 0.4) is 0 Å². The zero-order valence-electron chi connectivity index (χ0n) is 73.0. The van der Waals surface area contributed by atoms with E-state index in [0.717, 1.165) is 198 Å². The Morgan fingerprint density at radius 2 is 0.864 bits per heavy atom. The number of amides is 4. The van der Waals surface area contributed by atoms with Gasteiger partial charge in [0.05, 0.1) is 72.0 Å². The predicted molar refractivity (Wildman–Crippen MR) is 494 cm³/mol. The maximum atomic E-state index is 13.6. The van der Waals surface area contributed by atoms with E-state index in [1.807, 2.05) is 88.6 Å². The first-order chi connectivity index (χ1) is 60.6. The van der Waals surface area contributed by atoms with Gasteiger partial charge in [-0.25, -0.2) is 19.9 Å². The molecule has 2 unspecified atom stereocenters. The highest BCUT2D eigenvalue weighted by Crippen LogP contribution is 2.36. The van der Waals surface area contributed by atoms with Crippen LogP contribution >= 0.6 is 22.6 Å². The zero-order chi connectivity index (χ0) is 87.8. The summed E-state index contributed by atoms with van der Waals surface area (Å²) in [6, 6.07) is 21.5. The van der Waals surface area contributed by atoms with Crippen molar-refractivity contribution in [2.75, 3.05) is 86.3 Å². The highest BCUT2D eigenvalue weighted by molar-refractivity contribution is 14.1. The van der Waals surface area contributed by atoms with E-state index in [0.29, 0.717) is 95.5 Å². The van der Waals surface area contributed by atoms with E-state index in [9.17, 15) is 47.9 Å². The van der Waals surface area contributed by atoms with E-state index in [2.05, 4.69) is 80.3 Å². The number of nitrogens with one attached hydrogen (secondary N) is 3. The second kappa shape index (κ2) is 42.5. The first-order valence-electron chi connectivity index (χ1n) is 45.1. The molecule has 4 saturated heterocycles. The zero-order valence-corrected chi connectivity index (χ0v) is 75.2. The van der Waals surface area contributed by atoms with E-state index in [4.69, 9.17) is 24.4 Å². The fourth-order valence-corrected chi connectivity index (χ4v) is 19.3. The Hall–Kier alpha value is -10.8. The first kappa shape index (κ1) is 90.5. The van der Waals surface area contributed by atoms with Crippen molar-refractivity contribution < 1.29 is 38.2 Å². The maximum absolute atomic E-state index is 13.6. The number of ketones is 2. The standard InChI is InChI=1S/C48H58N8O6.C25H30N6O2.C23H29IN2O4/c1-31-26-44(59)56(40-18-19-43(58)52-47(40)60)41-28-37(16-17-38(31)41)62-25-11-7-5-4-6-10-20-53-21-23-54(24-22-53)36-15-14-34(49-29-36)27-42-50-30-39-32(2)45(33(3)57)48(61)55(46(39)51-42)35-12-8-9-13-35;1-16-21-15-28-22(13-18-7-8-20(14-27-18)30-11-9-26-10-12-30)29-24(21)31(19-5-3-4-6-19)25(33)23(16)17(2)32;1-16-14-22(28)26(19-10-11-21(27)25-23(19)29)20-15-17(8-9-18(16)20)30-13-7-5-3-2-4-6-12-24/h14-17,26,28-30,35,40H,4-13,18-25,27H2,1-3H3,(H,52,58,60);7-8,14-15,19,26H,3-6,9-13H2,1-2H3;8-9,14-15,19H,2-7,10-13H2,1H3,(H,25,27,29). The second-order valence-electron chi connectivity index (χ2n) is 34.3. The van der Waals surface area contributed by atoms with Crippen LogP contribution in [0.5, 0.6) is 11.5 Å². The summed E-state index contributed by atoms with van der Waals surface area (Å²) in [6.07, 6.45) is 31.4. The van der Waals surface area contributed by atoms with E-state index < -0.39 is 23.9 Å². The lowest BCUT2D eigenvalue weighted by Crippen LogP contribution is -2.46. The number of halogens is 1. The summed E-state index contributed by atoms with van der Waals surface area (Å²) >= 11 is 2.42. The number of alkyl halides is 1. The normalized spacial score (nSPS) is 17.2. The SMILES string of the molecule is CC(=O)c1c(C)c2cnc(Cc3ccc(N4CCN(CCCCCCCCOc5ccc6c(C)cc(=O)n(C7CCC(=O)NC7=O)c6c5)CC4)cn3)nc2n(C2CCCC2)c1=O.CC(=O)c1c(C)c2cnc(Cc3ccc(N4CCNCC4)cn3)nc2n(C2CCCC2)c1=O.Cc1cc(=O)n(C2CCC(=O)NC2=O)c2cc(OCCCCCCCCI)ccc12. The average molecular weight is 1810 g/mol. The number of carbonyl (C=O) groups excluding carboxylic acids is 6. The summed E-state index contributed by atoms with van der Waals surface area (Å²) in [5, 5.41) is 11.4. The molecule has 4 aliphatic heterocycles. The number of benzene rings is 2. The number of piperazine rings is 2. The van der Waals surface area contributed by atoms with Gasteiger partial charge in [0.15, 0.2) is 11.6 Å². The molecular formula is C96H117IN16O12. The van der Waals surface area contributed by atoms with Gasteiger partial charge >= 0.3 is 0 Å². The number of ether oxygens (including phenoxy) is 2. The van der Waals surface area contributed by atoms with Crippen molar-refractivity contribution in [2.24, 2.45) is 0 Å². The smallest absolute Gasteiger partial charge is 0.263 e. The minimum atomic E-state index is -0.724. The van der Waals surface area contributed by atoms with Crippen molar-refractivity contribution >= 4 is 113 Å². The van der Waals surface area contributed by atoms with Crippen LogP contribution in [0, 0.1) is 27.7 Å². The van der Waals surface area contributed by atoms with Crippen molar-refractivity contribution in [3.8, 4) is 11.5 Å². The molecule has 125 heavy (non-hydrogen) atoms. The minimum absolute atomic E-state index is 0.0468. The number of imide groups is 2. The van der Waals surface area contributed by atoms with E-state index in [1.54, 1.807) is 33.7 Å². The number of Topliss-reactive ketones (excluding diaryl/α,β-unsaturated/α-hetero) is 2. The van der Waals surface area contributed by atoms with E-state index >= 15 is 0 Å². The molecule has 2 aromatic carbocycles. The molecule has 6 aliphatic rings. The second-order valence-corrected chi connectivity index (χ2v) is 35.4. The summed E-state index contributed by atoms with van der Waals surface area (Å²) in [4.78, 5) is 161. The van der Waals surface area contributed by atoms with Gasteiger partial charge in [0.25, 0.3) is 22.2 Å². The van der Waals surface area contributed by atoms with Crippen LogP contribution in [-0.2, 0) is 32.0 Å². The van der Waals surface area contributed by atoms with Crippen molar-refractivity contribution in [2.45, 2.75) is 233 Å². The number of anilines is 2. The van der Waals surface area contributed by atoms with Crippen LogP contribution in [0.2, 0.25) is 0 Å². The quantitative estimate of drug-likeness (QED) is 0.0119. The van der Waals surface area contributed by atoms with Gasteiger partial charge in [-0.2, -0.15) is 0 Å². The predicted octanol–water partition coefficient (Wildman–Crippen LogP) is 13.8. The average Bonchev–Trinajstić information content (AvgIpc) is 1.65. The highest BCUT2D eigenvalue weighted by atomic mass is 127. The molecular weight excluding hydrogens is 1700 g/mol. The fourth-order valence-electron chi connectivity index (χ4n) is 18.7. The molecule has 16 rings (SSSR count). The fraction of sp³-hybridized carbons (Fsp3) is 0.500. The summed E-state index contributed by atoms with van der Waals surface area (Å²) in [6.45, 7) is 20.5. The molecule has 660 valence electrons. The van der Waals surface area contributed by atoms with Crippen molar-refractivity contribution in [3.63, 3.8) is 0 Å². The van der Waals surface area contributed by atoms with Crippen LogP contribution in [0.15, 0.2) is 117 Å². The number of rotatable bonds is 31.